The maximum atomic E-state index is 13.1. The van der Waals surface area contributed by atoms with Gasteiger partial charge in [-0.15, -0.1) is 0 Å². The van der Waals surface area contributed by atoms with Crippen molar-refractivity contribution in [1.82, 2.24) is 5.32 Å². The standard InChI is InChI=1S/C14H16FNO2/c1-10(17)14-7-6-13(15)9-12(14)5-3-4-8-16-11(2)18/h3,5-7,9H,4,8H2,1-2H3,(H,16,18). The summed E-state index contributed by atoms with van der Waals surface area (Å²) in [6.07, 6.45) is 4.13. The molecule has 4 heteroatoms. The Bertz CT molecular complexity index is 481. The van der Waals surface area contributed by atoms with Crippen LogP contribution in [-0.2, 0) is 4.79 Å². The molecular weight excluding hydrogens is 233 g/mol. The molecule has 0 aliphatic heterocycles. The lowest BCUT2D eigenvalue weighted by Gasteiger charge is -2.02. The molecule has 0 fully saturated rings. The maximum absolute atomic E-state index is 13.1. The van der Waals surface area contributed by atoms with Crippen LogP contribution in [0.25, 0.3) is 6.08 Å². The number of nitrogens with one attached hydrogen (secondary N) is 1. The Kier molecular flexibility index (Phi) is 5.24. The average molecular weight is 249 g/mol. The fourth-order valence-electron chi connectivity index (χ4n) is 1.53. The van der Waals surface area contributed by atoms with Gasteiger partial charge in [0.2, 0.25) is 5.91 Å². The topological polar surface area (TPSA) is 46.2 Å². The zero-order chi connectivity index (χ0) is 13.5. The van der Waals surface area contributed by atoms with Crippen LogP contribution >= 0.6 is 0 Å². The lowest BCUT2D eigenvalue weighted by molar-refractivity contribution is -0.118. The zero-order valence-corrected chi connectivity index (χ0v) is 10.5. The number of halogens is 1. The summed E-state index contributed by atoms with van der Waals surface area (Å²) in [4.78, 5) is 22.0. The van der Waals surface area contributed by atoms with Crippen molar-refractivity contribution >= 4 is 17.8 Å². The fraction of sp³-hybridized carbons (Fsp3) is 0.286. The molecule has 18 heavy (non-hydrogen) atoms. The molecule has 1 aromatic rings. The molecule has 1 rings (SSSR count). The molecule has 0 radical (unpaired) electrons. The number of hydrogen-bond donors (Lipinski definition) is 1. The van der Waals surface area contributed by atoms with E-state index in [1.165, 1.54) is 32.0 Å². The number of amides is 1. The minimum atomic E-state index is -0.374. The zero-order valence-electron chi connectivity index (χ0n) is 10.5. The van der Waals surface area contributed by atoms with E-state index in [1.807, 2.05) is 0 Å². The first-order valence-electron chi connectivity index (χ1n) is 5.72. The van der Waals surface area contributed by atoms with Gasteiger partial charge in [-0.25, -0.2) is 4.39 Å². The average Bonchev–Trinajstić information content (AvgIpc) is 2.27. The van der Waals surface area contributed by atoms with Crippen LogP contribution in [0.3, 0.4) is 0 Å². The molecule has 1 N–H and O–H groups in total. The summed E-state index contributed by atoms with van der Waals surface area (Å²) in [5.74, 6) is -0.559. The van der Waals surface area contributed by atoms with Gasteiger partial charge in [-0.05, 0) is 37.1 Å². The lowest BCUT2D eigenvalue weighted by Crippen LogP contribution is -2.20. The minimum absolute atomic E-state index is 0.0846. The number of ketones is 1. The first-order valence-corrected chi connectivity index (χ1v) is 5.72. The van der Waals surface area contributed by atoms with Crippen molar-refractivity contribution < 1.29 is 14.0 Å². The Hall–Kier alpha value is -1.97. The van der Waals surface area contributed by atoms with Gasteiger partial charge in [0.15, 0.2) is 5.78 Å². The van der Waals surface area contributed by atoms with Crippen molar-refractivity contribution in [2.45, 2.75) is 20.3 Å². The first-order chi connectivity index (χ1) is 8.50. The monoisotopic (exact) mass is 249 g/mol. The van der Waals surface area contributed by atoms with Crippen molar-refractivity contribution in [3.8, 4) is 0 Å². The number of carbonyl (C=O) groups excluding carboxylic acids is 2. The van der Waals surface area contributed by atoms with E-state index >= 15 is 0 Å². The van der Waals surface area contributed by atoms with Crippen LogP contribution in [0.15, 0.2) is 24.3 Å². The van der Waals surface area contributed by atoms with E-state index in [4.69, 9.17) is 0 Å². The van der Waals surface area contributed by atoms with Gasteiger partial charge in [0.1, 0.15) is 5.82 Å². The second kappa shape index (κ2) is 6.69. The fourth-order valence-corrected chi connectivity index (χ4v) is 1.53. The van der Waals surface area contributed by atoms with Crippen LogP contribution in [-0.4, -0.2) is 18.2 Å². The molecule has 0 aromatic heterocycles. The van der Waals surface area contributed by atoms with Crippen molar-refractivity contribution in [2.75, 3.05) is 6.54 Å². The molecule has 96 valence electrons. The van der Waals surface area contributed by atoms with Gasteiger partial charge in [-0.3, -0.25) is 9.59 Å². The molecule has 3 nitrogen and oxygen atoms in total. The van der Waals surface area contributed by atoms with E-state index in [0.717, 1.165) is 0 Å². The highest BCUT2D eigenvalue weighted by Gasteiger charge is 2.05. The third kappa shape index (κ3) is 4.49. The van der Waals surface area contributed by atoms with Crippen LogP contribution < -0.4 is 5.32 Å². The molecule has 0 aliphatic rings. The third-order valence-electron chi connectivity index (χ3n) is 2.38. The SMILES string of the molecule is CC(=O)NCCC=Cc1cc(F)ccc1C(C)=O. The smallest absolute Gasteiger partial charge is 0.216 e. The number of rotatable bonds is 5. The second-order valence-corrected chi connectivity index (χ2v) is 3.96. The third-order valence-corrected chi connectivity index (χ3v) is 2.38. The Labute approximate surface area is 106 Å². The van der Waals surface area contributed by atoms with Crippen LogP contribution in [0.1, 0.15) is 36.2 Å². The van der Waals surface area contributed by atoms with Gasteiger partial charge in [0.05, 0.1) is 0 Å². The number of carbonyl (C=O) groups is 2. The molecule has 0 aliphatic carbocycles. The highest BCUT2D eigenvalue weighted by Crippen LogP contribution is 2.14. The van der Waals surface area contributed by atoms with E-state index in [1.54, 1.807) is 12.2 Å². The molecule has 0 saturated heterocycles. The molecule has 1 aromatic carbocycles. The molecule has 0 unspecified atom stereocenters. The maximum Gasteiger partial charge on any atom is 0.216 e. The summed E-state index contributed by atoms with van der Waals surface area (Å²) in [6.45, 7) is 3.42. The van der Waals surface area contributed by atoms with Crippen LogP contribution in [0.5, 0.6) is 0 Å². The summed E-state index contributed by atoms with van der Waals surface area (Å²) >= 11 is 0. The molecule has 1 amide bonds. The van der Waals surface area contributed by atoms with E-state index < -0.39 is 0 Å². The van der Waals surface area contributed by atoms with E-state index in [2.05, 4.69) is 5.32 Å². The van der Waals surface area contributed by atoms with Gasteiger partial charge >= 0.3 is 0 Å². The number of Topliss-reactive ketones (excluding diaryl/α,β-unsaturated/α-hetero) is 1. The second-order valence-electron chi connectivity index (χ2n) is 3.96. The molecule has 0 heterocycles. The van der Waals surface area contributed by atoms with Gasteiger partial charge in [-0.1, -0.05) is 12.2 Å². The first kappa shape index (κ1) is 14.1. The van der Waals surface area contributed by atoms with Gasteiger partial charge in [0, 0.05) is 19.0 Å². The number of benzene rings is 1. The van der Waals surface area contributed by atoms with Gasteiger partial charge in [-0.2, -0.15) is 0 Å². The van der Waals surface area contributed by atoms with Crippen LogP contribution in [0.2, 0.25) is 0 Å². The Morgan fingerprint density at radius 3 is 2.67 bits per heavy atom. The van der Waals surface area contributed by atoms with Crippen molar-refractivity contribution in [1.29, 1.82) is 0 Å². The van der Waals surface area contributed by atoms with E-state index in [0.29, 0.717) is 24.1 Å². The highest BCUT2D eigenvalue weighted by molar-refractivity contribution is 5.97. The minimum Gasteiger partial charge on any atom is -0.356 e. The molecular formula is C14H16FNO2. The Morgan fingerprint density at radius 1 is 1.33 bits per heavy atom. The van der Waals surface area contributed by atoms with Gasteiger partial charge in [0.25, 0.3) is 0 Å². The van der Waals surface area contributed by atoms with E-state index in [9.17, 15) is 14.0 Å². The summed E-state index contributed by atoms with van der Waals surface area (Å²) in [5.41, 5.74) is 1.05. The predicted octanol–water partition coefficient (Wildman–Crippen LogP) is 2.57. The van der Waals surface area contributed by atoms with Gasteiger partial charge < -0.3 is 5.32 Å². The lowest BCUT2D eigenvalue weighted by atomic mass is 10.0. The van der Waals surface area contributed by atoms with Crippen molar-refractivity contribution in [3.63, 3.8) is 0 Å². The van der Waals surface area contributed by atoms with Crippen molar-refractivity contribution in [2.24, 2.45) is 0 Å². The quantitative estimate of drug-likeness (QED) is 0.644. The summed E-state index contributed by atoms with van der Waals surface area (Å²) in [6, 6.07) is 4.07. The Balaban J connectivity index is 2.70. The summed E-state index contributed by atoms with van der Waals surface area (Å²) in [7, 11) is 0. The molecule has 0 spiro atoms. The largest absolute Gasteiger partial charge is 0.356 e. The van der Waals surface area contributed by atoms with Crippen LogP contribution in [0, 0.1) is 5.82 Å². The van der Waals surface area contributed by atoms with Crippen LogP contribution in [0.4, 0.5) is 4.39 Å². The normalized spacial score (nSPS) is 10.6. The summed E-state index contributed by atoms with van der Waals surface area (Å²) < 4.78 is 13.1. The predicted molar refractivity (Wildman–Crippen MR) is 68.7 cm³/mol. The Morgan fingerprint density at radius 2 is 2.06 bits per heavy atom. The highest BCUT2D eigenvalue weighted by atomic mass is 19.1. The number of hydrogen-bond acceptors (Lipinski definition) is 2. The molecule has 0 atom stereocenters. The molecule has 0 saturated carbocycles. The van der Waals surface area contributed by atoms with E-state index in [-0.39, 0.29) is 17.5 Å². The summed E-state index contributed by atoms with van der Waals surface area (Å²) in [5, 5.41) is 2.65. The molecule has 0 bridgehead atoms. The van der Waals surface area contributed by atoms with Crippen molar-refractivity contribution in [3.05, 3.63) is 41.2 Å².